The molecule has 0 saturated carbocycles. The van der Waals surface area contributed by atoms with Gasteiger partial charge in [-0.3, -0.25) is 9.59 Å². The first-order valence-corrected chi connectivity index (χ1v) is 7.83. The maximum absolute atomic E-state index is 10.5. The van der Waals surface area contributed by atoms with Crippen molar-refractivity contribution in [2.45, 2.75) is 19.8 Å². The molecule has 120 valence electrons. The normalized spacial score (nSPS) is 13.7. The highest BCUT2D eigenvalue weighted by molar-refractivity contribution is 9.09. The first kappa shape index (κ1) is 21.6. The van der Waals surface area contributed by atoms with E-state index in [1.165, 1.54) is 0 Å². The van der Waals surface area contributed by atoms with Crippen LogP contribution in [0.3, 0.4) is 0 Å². The topological polar surface area (TPSA) is 119 Å². The molecule has 1 heterocycles. The molecule has 0 aromatic rings. The molecule has 0 atom stereocenters. The molecule has 0 bridgehead atoms. The van der Waals surface area contributed by atoms with Gasteiger partial charge in [-0.15, -0.1) is 0 Å². The SMILES string of the molecule is CCOC(=O)CBr.NCCCN.O=C1CNCCCN1. The number of halogens is 1. The minimum Gasteiger partial charge on any atom is -0.465 e. The molecule has 0 aliphatic carbocycles. The second-order valence-corrected chi connectivity index (χ2v) is 4.31. The van der Waals surface area contributed by atoms with Crippen LogP contribution in [-0.2, 0) is 14.3 Å². The molecule has 0 unspecified atom stereocenters. The van der Waals surface area contributed by atoms with Crippen LogP contribution in [0.25, 0.3) is 0 Å². The number of ether oxygens (including phenoxy) is 1. The Morgan fingerprint density at radius 1 is 1.35 bits per heavy atom. The van der Waals surface area contributed by atoms with Gasteiger partial charge in [0.1, 0.15) is 5.33 Å². The maximum Gasteiger partial charge on any atom is 0.316 e. The van der Waals surface area contributed by atoms with Gasteiger partial charge in [0.15, 0.2) is 0 Å². The molecule has 1 fully saturated rings. The Kier molecular flexibility index (Phi) is 19.8. The molecule has 0 aromatic heterocycles. The largest absolute Gasteiger partial charge is 0.465 e. The van der Waals surface area contributed by atoms with E-state index in [-0.39, 0.29) is 11.9 Å². The predicted molar refractivity (Wildman–Crippen MR) is 83.6 cm³/mol. The Balaban J connectivity index is 0. The zero-order valence-electron chi connectivity index (χ0n) is 12.1. The molecule has 1 aliphatic heterocycles. The van der Waals surface area contributed by atoms with Crippen LogP contribution in [0.4, 0.5) is 0 Å². The average molecular weight is 355 g/mol. The number of hydrogen-bond donors (Lipinski definition) is 4. The lowest BCUT2D eigenvalue weighted by Crippen LogP contribution is -2.28. The van der Waals surface area contributed by atoms with Crippen molar-refractivity contribution < 1.29 is 14.3 Å². The van der Waals surface area contributed by atoms with Gasteiger partial charge >= 0.3 is 5.97 Å². The monoisotopic (exact) mass is 354 g/mol. The van der Waals surface area contributed by atoms with Crippen LogP contribution in [0, 0.1) is 0 Å². The summed E-state index contributed by atoms with van der Waals surface area (Å²) in [5, 5.41) is 6.02. The number of nitrogens with two attached hydrogens (primary N) is 2. The lowest BCUT2D eigenvalue weighted by molar-refractivity contribution is -0.139. The summed E-state index contributed by atoms with van der Waals surface area (Å²) >= 11 is 2.94. The third kappa shape index (κ3) is 19.6. The number of esters is 1. The van der Waals surface area contributed by atoms with Crippen molar-refractivity contribution >= 4 is 27.8 Å². The fraction of sp³-hybridized carbons (Fsp3) is 0.833. The maximum atomic E-state index is 10.5. The van der Waals surface area contributed by atoms with Crippen molar-refractivity contribution in [3.05, 3.63) is 0 Å². The molecule has 8 heteroatoms. The molecule has 20 heavy (non-hydrogen) atoms. The van der Waals surface area contributed by atoms with Crippen molar-refractivity contribution in [2.75, 3.05) is 44.7 Å². The van der Waals surface area contributed by atoms with E-state index in [9.17, 15) is 9.59 Å². The average Bonchev–Trinajstić information content (AvgIpc) is 2.69. The first-order chi connectivity index (χ1) is 9.62. The highest BCUT2D eigenvalue weighted by Gasteiger charge is 2.02. The van der Waals surface area contributed by atoms with E-state index < -0.39 is 0 Å². The molecule has 0 aromatic carbocycles. The molecular formula is C12H27BrN4O3. The highest BCUT2D eigenvalue weighted by Crippen LogP contribution is 1.82. The van der Waals surface area contributed by atoms with Crippen molar-refractivity contribution in [3.8, 4) is 0 Å². The Bertz CT molecular complexity index is 231. The molecule has 1 amide bonds. The lowest BCUT2D eigenvalue weighted by atomic mass is 10.4. The van der Waals surface area contributed by atoms with E-state index in [4.69, 9.17) is 11.5 Å². The summed E-state index contributed by atoms with van der Waals surface area (Å²) in [4.78, 5) is 20.7. The van der Waals surface area contributed by atoms with Crippen molar-refractivity contribution in [3.63, 3.8) is 0 Å². The van der Waals surface area contributed by atoms with Gasteiger partial charge < -0.3 is 26.8 Å². The van der Waals surface area contributed by atoms with Gasteiger partial charge in [0, 0.05) is 6.54 Å². The van der Waals surface area contributed by atoms with E-state index in [2.05, 4.69) is 31.3 Å². The lowest BCUT2D eigenvalue weighted by Gasteiger charge is -1.93. The van der Waals surface area contributed by atoms with E-state index in [0.717, 1.165) is 39.0 Å². The summed E-state index contributed by atoms with van der Waals surface area (Å²) in [5.74, 6) is -0.0926. The molecule has 6 N–H and O–H groups in total. The van der Waals surface area contributed by atoms with Gasteiger partial charge in [0.2, 0.25) is 5.91 Å². The van der Waals surface area contributed by atoms with Crippen LogP contribution in [0.2, 0.25) is 0 Å². The Morgan fingerprint density at radius 3 is 2.40 bits per heavy atom. The summed E-state index contributed by atoms with van der Waals surface area (Å²) in [5.41, 5.74) is 10.1. The minimum absolute atomic E-state index is 0.113. The van der Waals surface area contributed by atoms with Crippen molar-refractivity contribution in [1.29, 1.82) is 0 Å². The molecule has 0 radical (unpaired) electrons. The summed E-state index contributed by atoms with van der Waals surface area (Å²) in [6, 6.07) is 0. The molecule has 0 spiro atoms. The van der Waals surface area contributed by atoms with E-state index >= 15 is 0 Å². The summed E-state index contributed by atoms with van der Waals surface area (Å²) < 4.78 is 4.51. The van der Waals surface area contributed by atoms with E-state index in [1.54, 1.807) is 6.92 Å². The van der Waals surface area contributed by atoms with Crippen LogP contribution in [0.1, 0.15) is 19.8 Å². The second-order valence-electron chi connectivity index (χ2n) is 3.75. The van der Waals surface area contributed by atoms with Gasteiger partial charge in [-0.1, -0.05) is 15.9 Å². The number of hydrogen-bond acceptors (Lipinski definition) is 6. The zero-order chi connectivity index (χ0) is 15.6. The number of alkyl halides is 1. The smallest absolute Gasteiger partial charge is 0.316 e. The van der Waals surface area contributed by atoms with Crippen LogP contribution < -0.4 is 22.1 Å². The van der Waals surface area contributed by atoms with Gasteiger partial charge in [-0.2, -0.15) is 0 Å². The molecule has 7 nitrogen and oxygen atoms in total. The fourth-order valence-corrected chi connectivity index (χ4v) is 1.18. The molecular weight excluding hydrogens is 328 g/mol. The predicted octanol–water partition coefficient (Wildman–Crippen LogP) is -0.666. The number of amides is 1. The standard InChI is InChI=1S/C5H10N2O.C4H7BrO2.C3H10N2/c8-5-4-6-2-1-3-7-5;1-2-7-4(6)3-5;4-2-1-3-5/h6H,1-4H2,(H,7,8);2-3H2,1H3;1-5H2. The summed E-state index contributed by atoms with van der Waals surface area (Å²) in [6.45, 7) is 5.95. The molecule has 1 saturated heterocycles. The van der Waals surface area contributed by atoms with Crippen LogP contribution in [0.15, 0.2) is 0 Å². The quantitative estimate of drug-likeness (QED) is 0.392. The molecule has 1 aliphatic rings. The van der Waals surface area contributed by atoms with E-state index in [1.807, 2.05) is 0 Å². The Labute approximate surface area is 129 Å². The Hall–Kier alpha value is -0.700. The van der Waals surface area contributed by atoms with Crippen LogP contribution >= 0.6 is 15.9 Å². The van der Waals surface area contributed by atoms with Gasteiger partial charge in [-0.05, 0) is 39.4 Å². The van der Waals surface area contributed by atoms with Crippen molar-refractivity contribution in [1.82, 2.24) is 10.6 Å². The van der Waals surface area contributed by atoms with Gasteiger partial charge in [-0.25, -0.2) is 0 Å². The number of carbonyl (C=O) groups excluding carboxylic acids is 2. The minimum atomic E-state index is -0.206. The van der Waals surface area contributed by atoms with Gasteiger partial charge in [0.25, 0.3) is 0 Å². The van der Waals surface area contributed by atoms with E-state index in [0.29, 0.717) is 18.5 Å². The number of nitrogens with one attached hydrogen (secondary N) is 2. The second kappa shape index (κ2) is 18.3. The van der Waals surface area contributed by atoms with Gasteiger partial charge in [0.05, 0.1) is 13.2 Å². The van der Waals surface area contributed by atoms with Crippen LogP contribution in [0.5, 0.6) is 0 Å². The summed E-state index contributed by atoms with van der Waals surface area (Å²) in [6.07, 6.45) is 1.99. The number of carbonyl (C=O) groups is 2. The Morgan fingerprint density at radius 2 is 2.00 bits per heavy atom. The van der Waals surface area contributed by atoms with Crippen molar-refractivity contribution in [2.24, 2.45) is 11.5 Å². The third-order valence-electron chi connectivity index (χ3n) is 1.96. The third-order valence-corrected chi connectivity index (χ3v) is 2.42. The zero-order valence-corrected chi connectivity index (χ0v) is 13.7. The molecule has 1 rings (SSSR count). The first-order valence-electron chi connectivity index (χ1n) is 6.71. The summed E-state index contributed by atoms with van der Waals surface area (Å²) in [7, 11) is 0. The highest BCUT2D eigenvalue weighted by atomic mass is 79.9. The fourth-order valence-electron chi connectivity index (χ4n) is 1.02. The van der Waals surface area contributed by atoms with Crippen LogP contribution in [-0.4, -0.2) is 56.5 Å². The number of rotatable bonds is 4.